The Morgan fingerprint density at radius 2 is 1.81 bits per heavy atom. The molecule has 4 nitrogen and oxygen atoms in total. The smallest absolute Gasteiger partial charge is 0.422 e. The molecule has 120 valence electrons. The highest BCUT2D eigenvalue weighted by Gasteiger charge is 2.28. The summed E-state index contributed by atoms with van der Waals surface area (Å²) in [6.07, 6.45) is -4.41. The molecule has 0 bridgehead atoms. The van der Waals surface area contributed by atoms with Gasteiger partial charge in [-0.25, -0.2) is 8.42 Å². The number of hydrogen-bond donors (Lipinski definition) is 1. The first-order chi connectivity index (χ1) is 9.61. The molecule has 21 heavy (non-hydrogen) atoms. The number of ether oxygens (including phenoxy) is 1. The second kappa shape index (κ2) is 7.13. The third-order valence-corrected chi connectivity index (χ3v) is 4.41. The molecule has 8 heteroatoms. The minimum absolute atomic E-state index is 0.0252. The van der Waals surface area contributed by atoms with Gasteiger partial charge >= 0.3 is 6.18 Å². The Morgan fingerprint density at radius 3 is 2.29 bits per heavy atom. The van der Waals surface area contributed by atoms with E-state index in [1.165, 1.54) is 24.3 Å². The van der Waals surface area contributed by atoms with Crippen LogP contribution < -0.4 is 4.74 Å². The highest BCUT2D eigenvalue weighted by molar-refractivity contribution is 7.90. The molecule has 0 saturated carbocycles. The Morgan fingerprint density at radius 1 is 1.24 bits per heavy atom. The van der Waals surface area contributed by atoms with Crippen LogP contribution in [0.4, 0.5) is 13.2 Å². The average Bonchev–Trinajstić information content (AvgIpc) is 2.36. The van der Waals surface area contributed by atoms with Crippen LogP contribution >= 0.6 is 0 Å². The predicted octanol–water partition coefficient (Wildman–Crippen LogP) is 2.17. The normalized spacial score (nSPS) is 14.0. The number of alkyl halides is 3. The lowest BCUT2D eigenvalue weighted by molar-refractivity contribution is -0.153. The van der Waals surface area contributed by atoms with Crippen LogP contribution in [0, 0.1) is 5.92 Å². The van der Waals surface area contributed by atoms with Gasteiger partial charge in [0.1, 0.15) is 5.75 Å². The molecule has 0 spiro atoms. The summed E-state index contributed by atoms with van der Waals surface area (Å²) in [6, 6.07) is 5.41. The Hall–Kier alpha value is -1.28. The van der Waals surface area contributed by atoms with E-state index in [1.54, 1.807) is 6.92 Å². The van der Waals surface area contributed by atoms with Crippen molar-refractivity contribution < 1.29 is 31.4 Å². The Balaban J connectivity index is 2.62. The zero-order valence-corrected chi connectivity index (χ0v) is 12.2. The van der Waals surface area contributed by atoms with Crippen molar-refractivity contribution >= 4 is 9.84 Å². The van der Waals surface area contributed by atoms with Crippen molar-refractivity contribution in [2.45, 2.75) is 18.9 Å². The Labute approximate surface area is 121 Å². The second-order valence-electron chi connectivity index (χ2n) is 4.89. The molecule has 1 rings (SSSR count). The van der Waals surface area contributed by atoms with Gasteiger partial charge in [-0.3, -0.25) is 0 Å². The highest BCUT2D eigenvalue weighted by Crippen LogP contribution is 2.19. The first-order valence-corrected chi connectivity index (χ1v) is 8.03. The van der Waals surface area contributed by atoms with E-state index in [2.05, 4.69) is 4.74 Å². The van der Waals surface area contributed by atoms with E-state index in [-0.39, 0.29) is 29.8 Å². The summed E-state index contributed by atoms with van der Waals surface area (Å²) in [5.74, 6) is -0.700. The Kier molecular flexibility index (Phi) is 6.03. The van der Waals surface area contributed by atoms with Gasteiger partial charge in [-0.15, -0.1) is 0 Å². The number of halogens is 3. The zero-order valence-electron chi connectivity index (χ0n) is 11.4. The number of aliphatic hydroxyl groups is 1. The SMILES string of the molecule is CC(CO)CS(=O)(=O)Cc1ccc(OCC(F)(F)F)cc1. The third kappa shape index (κ3) is 7.33. The van der Waals surface area contributed by atoms with Crippen molar-refractivity contribution in [2.75, 3.05) is 19.0 Å². The zero-order chi connectivity index (χ0) is 16.1. The van der Waals surface area contributed by atoms with Crippen LogP contribution in [0.3, 0.4) is 0 Å². The standard InChI is InChI=1S/C13H17F3O4S/c1-10(6-17)7-21(18,19)8-11-2-4-12(5-3-11)20-9-13(14,15)16/h2-5,10,17H,6-9H2,1H3. The maximum absolute atomic E-state index is 12.0. The van der Waals surface area contributed by atoms with Gasteiger partial charge in [0.2, 0.25) is 0 Å². The van der Waals surface area contributed by atoms with E-state index >= 15 is 0 Å². The van der Waals surface area contributed by atoms with Crippen molar-refractivity contribution in [1.82, 2.24) is 0 Å². The number of hydrogen-bond acceptors (Lipinski definition) is 4. The van der Waals surface area contributed by atoms with Crippen molar-refractivity contribution in [3.8, 4) is 5.75 Å². The van der Waals surface area contributed by atoms with Gasteiger partial charge in [0.25, 0.3) is 0 Å². The molecule has 0 aliphatic carbocycles. The van der Waals surface area contributed by atoms with Crippen LogP contribution in [0.5, 0.6) is 5.75 Å². The molecular weight excluding hydrogens is 309 g/mol. The lowest BCUT2D eigenvalue weighted by Crippen LogP contribution is -2.19. The van der Waals surface area contributed by atoms with E-state index in [9.17, 15) is 21.6 Å². The van der Waals surface area contributed by atoms with Crippen LogP contribution in [0.1, 0.15) is 12.5 Å². The van der Waals surface area contributed by atoms with Gasteiger partial charge in [0.15, 0.2) is 16.4 Å². The number of sulfone groups is 1. The second-order valence-corrected chi connectivity index (χ2v) is 7.00. The lowest BCUT2D eigenvalue weighted by atomic mass is 10.2. The first-order valence-electron chi connectivity index (χ1n) is 6.21. The summed E-state index contributed by atoms with van der Waals surface area (Å²) in [7, 11) is -3.38. The van der Waals surface area contributed by atoms with E-state index < -0.39 is 22.6 Å². The van der Waals surface area contributed by atoms with Gasteiger partial charge in [-0.05, 0) is 23.6 Å². The summed E-state index contributed by atoms with van der Waals surface area (Å²) in [6.45, 7) is 0.00767. The van der Waals surface area contributed by atoms with Crippen LogP contribution in [0.2, 0.25) is 0 Å². The summed E-state index contributed by atoms with van der Waals surface area (Å²) < 4.78 is 64.1. The first kappa shape index (κ1) is 17.8. The number of aliphatic hydroxyl groups excluding tert-OH is 1. The molecular formula is C13H17F3O4S. The fourth-order valence-corrected chi connectivity index (χ4v) is 3.44. The predicted molar refractivity (Wildman–Crippen MR) is 71.7 cm³/mol. The topological polar surface area (TPSA) is 63.6 Å². The third-order valence-electron chi connectivity index (χ3n) is 2.56. The van der Waals surface area contributed by atoms with Gasteiger partial charge < -0.3 is 9.84 Å². The lowest BCUT2D eigenvalue weighted by Gasteiger charge is -2.11. The van der Waals surface area contributed by atoms with Crippen molar-refractivity contribution in [3.05, 3.63) is 29.8 Å². The van der Waals surface area contributed by atoms with Gasteiger partial charge in [-0.2, -0.15) is 13.2 Å². The summed E-state index contributed by atoms with van der Waals surface area (Å²) in [5, 5.41) is 8.85. The maximum atomic E-state index is 12.0. The van der Waals surface area contributed by atoms with E-state index in [1.807, 2.05) is 0 Å². The molecule has 0 fully saturated rings. The van der Waals surface area contributed by atoms with Crippen molar-refractivity contribution in [3.63, 3.8) is 0 Å². The molecule has 1 aromatic rings. The largest absolute Gasteiger partial charge is 0.484 e. The molecule has 0 amide bonds. The van der Waals surface area contributed by atoms with Crippen LogP contribution in [0.15, 0.2) is 24.3 Å². The van der Waals surface area contributed by atoms with E-state index in [0.29, 0.717) is 5.56 Å². The monoisotopic (exact) mass is 326 g/mol. The molecule has 1 atom stereocenters. The van der Waals surface area contributed by atoms with Gasteiger partial charge in [0, 0.05) is 6.61 Å². The summed E-state index contributed by atoms with van der Waals surface area (Å²) >= 11 is 0. The highest BCUT2D eigenvalue weighted by atomic mass is 32.2. The molecule has 0 aliphatic heterocycles. The minimum Gasteiger partial charge on any atom is -0.484 e. The van der Waals surface area contributed by atoms with Crippen LogP contribution in [-0.2, 0) is 15.6 Å². The summed E-state index contributed by atoms with van der Waals surface area (Å²) in [5.41, 5.74) is 0.458. The molecule has 0 saturated heterocycles. The quantitative estimate of drug-likeness (QED) is 0.834. The molecule has 1 aromatic carbocycles. The number of benzene rings is 1. The fraction of sp³-hybridized carbons (Fsp3) is 0.538. The molecule has 1 unspecified atom stereocenters. The average molecular weight is 326 g/mol. The number of rotatable bonds is 7. The summed E-state index contributed by atoms with van der Waals surface area (Å²) in [4.78, 5) is 0. The Bertz CT molecular complexity index is 538. The molecule has 1 N–H and O–H groups in total. The van der Waals surface area contributed by atoms with Crippen molar-refractivity contribution in [1.29, 1.82) is 0 Å². The van der Waals surface area contributed by atoms with Crippen molar-refractivity contribution in [2.24, 2.45) is 5.92 Å². The van der Waals surface area contributed by atoms with Crippen LogP contribution in [-0.4, -0.2) is 38.7 Å². The van der Waals surface area contributed by atoms with E-state index in [4.69, 9.17) is 5.11 Å². The fourth-order valence-electron chi connectivity index (χ4n) is 1.65. The van der Waals surface area contributed by atoms with Crippen LogP contribution in [0.25, 0.3) is 0 Å². The molecule has 0 radical (unpaired) electrons. The minimum atomic E-state index is -4.41. The van der Waals surface area contributed by atoms with Gasteiger partial charge in [0.05, 0.1) is 11.5 Å². The molecule has 0 aliphatic rings. The molecule has 0 heterocycles. The van der Waals surface area contributed by atoms with E-state index in [0.717, 1.165) is 0 Å². The van der Waals surface area contributed by atoms with Gasteiger partial charge in [-0.1, -0.05) is 19.1 Å². The molecule has 0 aromatic heterocycles. The maximum Gasteiger partial charge on any atom is 0.422 e.